The van der Waals surface area contributed by atoms with Crippen LogP contribution in [0.5, 0.6) is 0 Å². The van der Waals surface area contributed by atoms with Crippen molar-refractivity contribution in [2.24, 2.45) is 17.6 Å². The van der Waals surface area contributed by atoms with Crippen LogP contribution in [-0.2, 0) is 16.0 Å². The van der Waals surface area contributed by atoms with E-state index in [2.05, 4.69) is 48.0 Å². The lowest BCUT2D eigenvalue weighted by Gasteiger charge is -2.28. The molecule has 6 rings (SSSR count). The quantitative estimate of drug-likeness (QED) is 0.140. The predicted molar refractivity (Wildman–Crippen MR) is 188 cm³/mol. The number of hydrogen-bond acceptors (Lipinski definition) is 8. The zero-order valence-corrected chi connectivity index (χ0v) is 27.9. The lowest BCUT2D eigenvalue weighted by atomic mass is 9.81. The third kappa shape index (κ3) is 8.76. The zero-order chi connectivity index (χ0) is 34.2. The van der Waals surface area contributed by atoms with E-state index in [1.165, 1.54) is 0 Å². The van der Waals surface area contributed by atoms with Crippen LogP contribution in [0.2, 0.25) is 0 Å². The molecule has 0 radical (unpaired) electrons. The van der Waals surface area contributed by atoms with Crippen LogP contribution >= 0.6 is 0 Å². The number of nitrogens with two attached hydrogens (primary N) is 1. The number of aromatic nitrogens is 4. The molecule has 2 fully saturated rings. The van der Waals surface area contributed by atoms with Gasteiger partial charge in [0, 0.05) is 35.2 Å². The van der Waals surface area contributed by atoms with E-state index in [-0.39, 0.29) is 29.7 Å². The largest absolute Gasteiger partial charge is 0.349 e. The number of nitrogens with one attached hydrogen (secondary N) is 5. The van der Waals surface area contributed by atoms with E-state index < -0.39 is 6.04 Å². The summed E-state index contributed by atoms with van der Waals surface area (Å²) >= 11 is 0. The number of carbonyl (C=O) groups excluding carboxylic acids is 3. The molecule has 49 heavy (non-hydrogen) atoms. The maximum atomic E-state index is 13.8. The Morgan fingerprint density at radius 2 is 1.69 bits per heavy atom. The number of rotatable bonds is 11. The first-order valence-electron chi connectivity index (χ1n) is 17.2. The first-order valence-corrected chi connectivity index (χ1v) is 17.2. The Labute approximate surface area is 286 Å². The number of piperidine rings is 1. The molecule has 0 bridgehead atoms. The summed E-state index contributed by atoms with van der Waals surface area (Å²) in [7, 11) is 0. The van der Waals surface area contributed by atoms with Gasteiger partial charge in [-0.3, -0.25) is 14.4 Å². The van der Waals surface area contributed by atoms with Crippen molar-refractivity contribution in [3.05, 3.63) is 83.4 Å². The molecule has 2 aliphatic rings. The maximum Gasteiger partial charge on any atom is 0.251 e. The highest BCUT2D eigenvalue weighted by molar-refractivity contribution is 5.98. The van der Waals surface area contributed by atoms with Crippen molar-refractivity contribution in [2.75, 3.05) is 25.0 Å². The van der Waals surface area contributed by atoms with Gasteiger partial charge in [0.05, 0.1) is 0 Å². The third-order valence-electron chi connectivity index (χ3n) is 9.78. The molecule has 1 saturated heterocycles. The van der Waals surface area contributed by atoms with Gasteiger partial charge in [-0.1, -0.05) is 30.3 Å². The molecule has 7 N–H and O–H groups in total. The first kappa shape index (κ1) is 33.9. The van der Waals surface area contributed by atoms with Gasteiger partial charge in [0.2, 0.25) is 17.6 Å². The fourth-order valence-electron chi connectivity index (χ4n) is 6.84. The van der Waals surface area contributed by atoms with Crippen molar-refractivity contribution in [2.45, 2.75) is 64.0 Å². The molecule has 1 aromatic heterocycles. The summed E-state index contributed by atoms with van der Waals surface area (Å²) < 4.78 is 0. The molecule has 1 atom stereocenters. The van der Waals surface area contributed by atoms with Gasteiger partial charge in [-0.05, 0) is 135 Å². The van der Waals surface area contributed by atoms with Crippen LogP contribution < -0.4 is 27.0 Å². The molecule has 12 nitrogen and oxygen atoms in total. The Balaban J connectivity index is 1.17. The van der Waals surface area contributed by atoms with Crippen LogP contribution in [0.15, 0.2) is 66.7 Å². The van der Waals surface area contributed by atoms with Crippen molar-refractivity contribution < 1.29 is 14.4 Å². The number of carbonyl (C=O) groups is 3. The topological polar surface area (TPSA) is 180 Å². The monoisotopic (exact) mass is 663 g/mol. The van der Waals surface area contributed by atoms with Crippen LogP contribution in [0.3, 0.4) is 0 Å². The van der Waals surface area contributed by atoms with Crippen molar-refractivity contribution in [1.29, 1.82) is 0 Å². The van der Waals surface area contributed by atoms with Crippen molar-refractivity contribution in [1.82, 2.24) is 36.6 Å². The summed E-state index contributed by atoms with van der Waals surface area (Å²) in [5.41, 5.74) is 11.7. The Bertz CT molecular complexity index is 1730. The molecule has 3 amide bonds. The average molecular weight is 664 g/mol. The Morgan fingerprint density at radius 1 is 0.918 bits per heavy atom. The highest BCUT2D eigenvalue weighted by atomic mass is 16.2. The molecule has 4 aromatic rings. The maximum absolute atomic E-state index is 13.8. The van der Waals surface area contributed by atoms with E-state index in [1.807, 2.05) is 43.3 Å². The minimum atomic E-state index is -0.797. The second-order valence-corrected chi connectivity index (χ2v) is 13.2. The van der Waals surface area contributed by atoms with Crippen molar-refractivity contribution in [3.63, 3.8) is 0 Å². The van der Waals surface area contributed by atoms with Gasteiger partial charge >= 0.3 is 0 Å². The molecule has 3 aromatic carbocycles. The summed E-state index contributed by atoms with van der Waals surface area (Å²) in [5, 5.41) is 26.6. The highest BCUT2D eigenvalue weighted by Gasteiger charge is 2.29. The molecular formula is C37H45N9O3. The number of benzene rings is 3. The van der Waals surface area contributed by atoms with E-state index in [1.54, 1.807) is 24.3 Å². The van der Waals surface area contributed by atoms with Crippen LogP contribution in [0.4, 0.5) is 5.69 Å². The molecular weight excluding hydrogens is 618 g/mol. The fourth-order valence-corrected chi connectivity index (χ4v) is 6.84. The molecule has 1 aliphatic heterocycles. The number of anilines is 1. The number of tetrazole rings is 1. The highest BCUT2D eigenvalue weighted by Crippen LogP contribution is 2.29. The summed E-state index contributed by atoms with van der Waals surface area (Å²) in [6.45, 7) is 4.46. The third-order valence-corrected chi connectivity index (χ3v) is 9.78. The lowest BCUT2D eigenvalue weighted by Crippen LogP contribution is -2.48. The number of H-pyrrole nitrogens is 1. The fraction of sp³-hybridized carbons (Fsp3) is 0.405. The summed E-state index contributed by atoms with van der Waals surface area (Å²) in [6.07, 6.45) is 5.52. The smallest absolute Gasteiger partial charge is 0.251 e. The number of hydrogen-bond donors (Lipinski definition) is 6. The minimum Gasteiger partial charge on any atom is -0.349 e. The van der Waals surface area contributed by atoms with Crippen LogP contribution in [0.25, 0.3) is 22.5 Å². The first-order chi connectivity index (χ1) is 23.9. The van der Waals surface area contributed by atoms with E-state index in [9.17, 15) is 14.4 Å². The van der Waals surface area contributed by atoms with Gasteiger partial charge in [0.15, 0.2) is 0 Å². The Morgan fingerprint density at radius 3 is 2.39 bits per heavy atom. The van der Waals surface area contributed by atoms with Crippen molar-refractivity contribution in [3.8, 4) is 22.5 Å². The molecule has 256 valence electrons. The zero-order valence-electron chi connectivity index (χ0n) is 27.9. The predicted octanol–water partition coefficient (Wildman–Crippen LogP) is 3.76. The number of amides is 3. The van der Waals surface area contributed by atoms with E-state index in [0.717, 1.165) is 79.4 Å². The normalized spacial score (nSPS) is 18.7. The second kappa shape index (κ2) is 16.0. The SMILES string of the molecule is Cc1cc(C(=O)NC2CCNCC2)ccc1-c1cccc(C[C@H](NC(=O)C2CCC(CN)CC2)C(=O)Nc2ccc(-c3nn[nH]n3)cc2)c1. The Hall–Kier alpha value is -4.94. The summed E-state index contributed by atoms with van der Waals surface area (Å²) in [5.74, 6) is 0.295. The number of nitrogens with zero attached hydrogens (tertiary/aromatic N) is 3. The minimum absolute atomic E-state index is 0.0548. The van der Waals surface area contributed by atoms with E-state index in [4.69, 9.17) is 5.73 Å². The van der Waals surface area contributed by atoms with Gasteiger partial charge in [-0.25, -0.2) is 0 Å². The molecule has 0 spiro atoms. The standard InChI is InChI=1S/C37H45N9O3/c1-23-19-29(36(48)40-31-15-17-39-18-16-31)11-14-32(23)28-4-2-3-25(20-28)21-33(42-35(47)27-7-5-24(22-38)6-8-27)37(49)41-30-12-9-26(10-13-30)34-43-45-46-44-34/h2-4,9-14,19-20,24,27,31,33,39H,5-8,15-18,21-22,38H2,1H3,(H,40,48)(H,41,49)(H,42,47)(H,43,44,45,46)/t24?,27?,33-/m0/s1. The molecule has 1 aliphatic carbocycles. The van der Waals surface area contributed by atoms with Gasteiger partial charge in [0.1, 0.15) is 6.04 Å². The lowest BCUT2D eigenvalue weighted by molar-refractivity contribution is -0.130. The summed E-state index contributed by atoms with van der Waals surface area (Å²) in [6, 6.07) is 20.3. The number of aromatic amines is 1. The second-order valence-electron chi connectivity index (χ2n) is 13.2. The van der Waals surface area contributed by atoms with Gasteiger partial charge in [-0.15, -0.1) is 10.2 Å². The molecule has 2 heterocycles. The van der Waals surface area contributed by atoms with Gasteiger partial charge < -0.3 is 27.0 Å². The van der Waals surface area contributed by atoms with Crippen LogP contribution in [0.1, 0.15) is 60.0 Å². The van der Waals surface area contributed by atoms with Crippen LogP contribution in [-0.4, -0.2) is 70.1 Å². The number of aryl methyl sites for hydroxylation is 1. The van der Waals surface area contributed by atoms with E-state index in [0.29, 0.717) is 36.0 Å². The Kier molecular flexibility index (Phi) is 11.1. The van der Waals surface area contributed by atoms with Crippen molar-refractivity contribution >= 4 is 23.4 Å². The van der Waals surface area contributed by atoms with Gasteiger partial charge in [0.25, 0.3) is 5.91 Å². The van der Waals surface area contributed by atoms with Gasteiger partial charge in [-0.2, -0.15) is 5.21 Å². The molecule has 1 saturated carbocycles. The van der Waals surface area contributed by atoms with Crippen LogP contribution in [0, 0.1) is 18.8 Å². The van der Waals surface area contributed by atoms with E-state index >= 15 is 0 Å². The summed E-state index contributed by atoms with van der Waals surface area (Å²) in [4.78, 5) is 40.2. The molecule has 12 heteroatoms. The molecule has 0 unspecified atom stereocenters. The average Bonchev–Trinajstić information content (AvgIpc) is 3.67.